The number of aryl methyl sites for hydroxylation is 3. The Labute approximate surface area is 110 Å². The fourth-order valence-electron chi connectivity index (χ4n) is 1.82. The highest BCUT2D eigenvalue weighted by Crippen LogP contribution is 2.24. The lowest BCUT2D eigenvalue weighted by molar-refractivity contribution is -0.386. The Balaban J connectivity index is 2.38. The summed E-state index contributed by atoms with van der Waals surface area (Å²) >= 11 is 0. The highest BCUT2D eigenvalue weighted by atomic mass is 16.6. The van der Waals surface area contributed by atoms with Crippen molar-refractivity contribution in [1.29, 1.82) is 0 Å². The van der Waals surface area contributed by atoms with Crippen molar-refractivity contribution in [3.05, 3.63) is 56.5 Å². The van der Waals surface area contributed by atoms with Gasteiger partial charge in [0.2, 0.25) is 5.76 Å². The molecule has 19 heavy (non-hydrogen) atoms. The van der Waals surface area contributed by atoms with E-state index in [1.54, 1.807) is 6.08 Å². The Hall–Kier alpha value is -2.43. The van der Waals surface area contributed by atoms with Crippen LogP contribution in [-0.4, -0.2) is 10.1 Å². The van der Waals surface area contributed by atoms with Gasteiger partial charge in [0.25, 0.3) is 0 Å². The van der Waals surface area contributed by atoms with E-state index in [0.29, 0.717) is 0 Å². The van der Waals surface area contributed by atoms with Crippen LogP contribution in [0.15, 0.2) is 22.7 Å². The normalized spacial score (nSPS) is 11.1. The van der Waals surface area contributed by atoms with Crippen LogP contribution >= 0.6 is 0 Å². The van der Waals surface area contributed by atoms with Crippen molar-refractivity contribution in [3.63, 3.8) is 0 Å². The first kappa shape index (κ1) is 13.0. The molecule has 0 fully saturated rings. The minimum atomic E-state index is -0.478. The number of nitrogens with zero attached hydrogens (tertiary/aromatic N) is 2. The van der Waals surface area contributed by atoms with Gasteiger partial charge >= 0.3 is 5.69 Å². The molecule has 0 aliphatic heterocycles. The lowest BCUT2D eigenvalue weighted by atomic mass is 10.0. The van der Waals surface area contributed by atoms with Crippen LogP contribution in [0.5, 0.6) is 0 Å². The first-order valence-electron chi connectivity index (χ1n) is 5.85. The summed E-state index contributed by atoms with van der Waals surface area (Å²) in [6.07, 6.45) is 3.42. The number of rotatable bonds is 3. The molecule has 1 heterocycles. The number of aromatic nitrogens is 1. The minimum Gasteiger partial charge on any atom is -0.354 e. The smallest absolute Gasteiger partial charge is 0.338 e. The zero-order valence-electron chi connectivity index (χ0n) is 11.0. The minimum absolute atomic E-state index is 0.0819. The fourth-order valence-corrected chi connectivity index (χ4v) is 1.82. The van der Waals surface area contributed by atoms with Crippen molar-refractivity contribution in [1.82, 2.24) is 5.16 Å². The van der Waals surface area contributed by atoms with Gasteiger partial charge in [-0.2, -0.15) is 0 Å². The third kappa shape index (κ3) is 2.70. The maximum Gasteiger partial charge on any atom is 0.338 e. The van der Waals surface area contributed by atoms with Crippen LogP contribution < -0.4 is 0 Å². The largest absolute Gasteiger partial charge is 0.354 e. The summed E-state index contributed by atoms with van der Waals surface area (Å²) in [7, 11) is 0. The fraction of sp³-hybridized carbons (Fsp3) is 0.214. The first-order chi connectivity index (χ1) is 8.99. The predicted molar refractivity (Wildman–Crippen MR) is 72.7 cm³/mol. The Bertz CT molecular complexity index is 657. The summed E-state index contributed by atoms with van der Waals surface area (Å²) < 4.78 is 4.86. The monoisotopic (exact) mass is 258 g/mol. The van der Waals surface area contributed by atoms with Crippen LogP contribution in [0.2, 0.25) is 0 Å². The average molecular weight is 258 g/mol. The van der Waals surface area contributed by atoms with Crippen molar-refractivity contribution in [2.24, 2.45) is 0 Å². The van der Waals surface area contributed by atoms with Gasteiger partial charge in [0, 0.05) is 6.92 Å². The van der Waals surface area contributed by atoms with Gasteiger partial charge in [0.15, 0.2) is 5.69 Å². The Kier molecular flexibility index (Phi) is 3.46. The number of hydrogen-bond acceptors (Lipinski definition) is 4. The molecule has 1 aromatic carbocycles. The van der Waals surface area contributed by atoms with Crippen molar-refractivity contribution in [2.45, 2.75) is 20.8 Å². The molecular formula is C14H14N2O3. The van der Waals surface area contributed by atoms with Gasteiger partial charge in [-0.25, -0.2) is 0 Å². The van der Waals surface area contributed by atoms with Crippen LogP contribution in [0.3, 0.4) is 0 Å². The molecule has 0 spiro atoms. The summed E-state index contributed by atoms with van der Waals surface area (Å²) in [5.74, 6) is 0.214. The zero-order chi connectivity index (χ0) is 14.0. The number of hydrogen-bond donors (Lipinski definition) is 0. The Morgan fingerprint density at radius 3 is 2.68 bits per heavy atom. The standard InChI is InChI=1S/C14H14N2O3/c1-9-4-5-10(2)12(8-9)6-7-13-14(16(17)18)11(3)19-15-13/h4-8H,1-3H3. The molecule has 2 aromatic rings. The van der Waals surface area contributed by atoms with E-state index in [4.69, 9.17) is 4.52 Å². The van der Waals surface area contributed by atoms with Crippen LogP contribution in [-0.2, 0) is 0 Å². The molecule has 0 amide bonds. The molecule has 5 nitrogen and oxygen atoms in total. The van der Waals surface area contributed by atoms with Crippen molar-refractivity contribution in [3.8, 4) is 0 Å². The number of nitro groups is 1. The van der Waals surface area contributed by atoms with E-state index in [2.05, 4.69) is 5.16 Å². The summed E-state index contributed by atoms with van der Waals surface area (Å²) in [6.45, 7) is 5.52. The molecule has 0 aliphatic carbocycles. The van der Waals surface area contributed by atoms with E-state index < -0.39 is 4.92 Å². The van der Waals surface area contributed by atoms with E-state index in [1.807, 2.05) is 38.1 Å². The third-order valence-electron chi connectivity index (χ3n) is 2.90. The van der Waals surface area contributed by atoms with E-state index in [9.17, 15) is 10.1 Å². The average Bonchev–Trinajstić information content (AvgIpc) is 2.72. The summed E-state index contributed by atoms with van der Waals surface area (Å²) in [5.41, 5.74) is 3.40. The second-order valence-corrected chi connectivity index (χ2v) is 4.42. The van der Waals surface area contributed by atoms with Crippen LogP contribution in [0, 0.1) is 30.9 Å². The molecule has 0 aliphatic rings. The highest BCUT2D eigenvalue weighted by molar-refractivity contribution is 5.73. The molecule has 0 atom stereocenters. The van der Waals surface area contributed by atoms with Gasteiger partial charge in [0.05, 0.1) is 4.92 Å². The molecule has 1 aromatic heterocycles. The van der Waals surface area contributed by atoms with E-state index in [1.165, 1.54) is 6.92 Å². The SMILES string of the molecule is Cc1ccc(C)c(C=Cc2noc(C)c2[N+](=O)[O-])c1. The summed E-state index contributed by atoms with van der Waals surface area (Å²) in [4.78, 5) is 10.4. The first-order valence-corrected chi connectivity index (χ1v) is 5.85. The molecule has 2 rings (SSSR count). The zero-order valence-corrected chi connectivity index (χ0v) is 11.0. The molecule has 5 heteroatoms. The van der Waals surface area contributed by atoms with E-state index in [0.717, 1.165) is 16.7 Å². The topological polar surface area (TPSA) is 69.2 Å². The number of benzene rings is 1. The van der Waals surface area contributed by atoms with Crippen molar-refractivity contribution in [2.75, 3.05) is 0 Å². The van der Waals surface area contributed by atoms with Gasteiger partial charge in [-0.05, 0) is 31.1 Å². The summed E-state index contributed by atoms with van der Waals surface area (Å²) in [6, 6.07) is 6.05. The Morgan fingerprint density at radius 1 is 1.26 bits per heavy atom. The van der Waals surface area contributed by atoms with Crippen molar-refractivity contribution >= 4 is 17.8 Å². The van der Waals surface area contributed by atoms with Gasteiger partial charge in [0.1, 0.15) is 0 Å². The maximum atomic E-state index is 10.9. The predicted octanol–water partition coefficient (Wildman–Crippen LogP) is 3.68. The van der Waals surface area contributed by atoms with Gasteiger partial charge in [-0.15, -0.1) is 0 Å². The molecule has 0 radical (unpaired) electrons. The van der Waals surface area contributed by atoms with Crippen molar-refractivity contribution < 1.29 is 9.45 Å². The van der Waals surface area contributed by atoms with Crippen LogP contribution in [0.25, 0.3) is 12.2 Å². The second kappa shape index (κ2) is 5.06. The molecule has 0 saturated carbocycles. The molecule has 0 bridgehead atoms. The molecule has 0 N–H and O–H groups in total. The Morgan fingerprint density at radius 2 is 2.00 bits per heavy atom. The van der Waals surface area contributed by atoms with Crippen LogP contribution in [0.4, 0.5) is 5.69 Å². The molecular weight excluding hydrogens is 244 g/mol. The lowest BCUT2D eigenvalue weighted by Gasteiger charge is -2.00. The van der Waals surface area contributed by atoms with Gasteiger partial charge in [-0.3, -0.25) is 10.1 Å². The lowest BCUT2D eigenvalue weighted by Crippen LogP contribution is -1.90. The van der Waals surface area contributed by atoms with Gasteiger partial charge < -0.3 is 4.52 Å². The van der Waals surface area contributed by atoms with Crippen LogP contribution in [0.1, 0.15) is 28.1 Å². The van der Waals surface area contributed by atoms with Gasteiger partial charge in [-0.1, -0.05) is 35.0 Å². The third-order valence-corrected chi connectivity index (χ3v) is 2.90. The van der Waals surface area contributed by atoms with E-state index in [-0.39, 0.29) is 17.1 Å². The molecule has 0 unspecified atom stereocenters. The van der Waals surface area contributed by atoms with E-state index >= 15 is 0 Å². The highest BCUT2D eigenvalue weighted by Gasteiger charge is 2.21. The second-order valence-electron chi connectivity index (χ2n) is 4.42. The maximum absolute atomic E-state index is 10.9. The molecule has 98 valence electrons. The quantitative estimate of drug-likeness (QED) is 0.622. The molecule has 0 saturated heterocycles. The summed E-state index contributed by atoms with van der Waals surface area (Å²) in [5, 5.41) is 14.6.